The molecule has 0 aromatic heterocycles. The first-order chi connectivity index (χ1) is 18.9. The first kappa shape index (κ1) is 25.8. The molecular formula is C28H34N2O8S. The summed E-state index contributed by atoms with van der Waals surface area (Å²) in [6.07, 6.45) is 5.36. The zero-order valence-corrected chi connectivity index (χ0v) is 22.5. The molecule has 210 valence electrons. The highest BCUT2D eigenvalue weighted by atomic mass is 32.2. The highest BCUT2D eigenvalue weighted by Crippen LogP contribution is 2.50. The van der Waals surface area contributed by atoms with Crippen LogP contribution in [0.3, 0.4) is 0 Å². The summed E-state index contributed by atoms with van der Waals surface area (Å²) in [5, 5.41) is 1.70. The number of nitrogens with one attached hydrogen (secondary N) is 2. The van der Waals surface area contributed by atoms with E-state index in [4.69, 9.17) is 23.7 Å². The molecule has 0 bridgehead atoms. The third-order valence-corrected chi connectivity index (χ3v) is 9.95. The molecule has 10 nitrogen and oxygen atoms in total. The second-order valence-electron chi connectivity index (χ2n) is 11.3. The molecule has 3 aliphatic heterocycles. The van der Waals surface area contributed by atoms with Crippen molar-refractivity contribution in [3.05, 3.63) is 42.5 Å². The number of carbonyl (C=O) groups is 1. The van der Waals surface area contributed by atoms with E-state index in [1.165, 1.54) is 6.07 Å². The monoisotopic (exact) mass is 558 g/mol. The predicted octanol–water partition coefficient (Wildman–Crippen LogP) is 3.39. The molecule has 2 spiro atoms. The number of carbonyl (C=O) groups excluding carboxylic acids is 1. The number of amides is 1. The summed E-state index contributed by atoms with van der Waals surface area (Å²) in [6, 6.07) is 12.3. The molecule has 3 saturated heterocycles. The Balaban J connectivity index is 1.11. The van der Waals surface area contributed by atoms with Gasteiger partial charge in [-0.2, -0.15) is 0 Å². The molecular weight excluding hydrogens is 524 g/mol. The van der Waals surface area contributed by atoms with Crippen LogP contribution < -0.4 is 10.3 Å². The van der Waals surface area contributed by atoms with Crippen LogP contribution in [0.15, 0.2) is 47.4 Å². The lowest BCUT2D eigenvalue weighted by molar-refractivity contribution is -0.247. The minimum absolute atomic E-state index is 0.0392. The summed E-state index contributed by atoms with van der Waals surface area (Å²) >= 11 is 0. The van der Waals surface area contributed by atoms with Crippen LogP contribution in [0.4, 0.5) is 0 Å². The van der Waals surface area contributed by atoms with Crippen LogP contribution in [0.25, 0.3) is 10.8 Å². The van der Waals surface area contributed by atoms with Crippen LogP contribution in [-0.4, -0.2) is 56.6 Å². The van der Waals surface area contributed by atoms with Crippen LogP contribution in [-0.2, 0) is 38.5 Å². The van der Waals surface area contributed by atoms with Crippen molar-refractivity contribution in [2.45, 2.75) is 111 Å². The number of ether oxygens (including phenoxy) is 5. The Morgan fingerprint density at radius 2 is 1.36 bits per heavy atom. The van der Waals surface area contributed by atoms with Gasteiger partial charge in [0, 0.05) is 25.7 Å². The number of hydrogen-bond acceptors (Lipinski definition) is 8. The van der Waals surface area contributed by atoms with Crippen molar-refractivity contribution in [2.24, 2.45) is 0 Å². The van der Waals surface area contributed by atoms with Crippen molar-refractivity contribution in [1.29, 1.82) is 0 Å². The van der Waals surface area contributed by atoms with Crippen molar-refractivity contribution >= 4 is 26.7 Å². The van der Waals surface area contributed by atoms with E-state index in [9.17, 15) is 13.2 Å². The highest BCUT2D eigenvalue weighted by Gasteiger charge is 2.65. The van der Waals surface area contributed by atoms with E-state index < -0.39 is 58.2 Å². The maximum atomic E-state index is 13.5. The second-order valence-corrected chi connectivity index (χ2v) is 13.0. The number of benzene rings is 2. The van der Waals surface area contributed by atoms with E-state index in [2.05, 4.69) is 10.3 Å². The van der Waals surface area contributed by atoms with Gasteiger partial charge in [-0.25, -0.2) is 8.42 Å². The number of fused-ring (bicyclic) bond motifs is 4. The van der Waals surface area contributed by atoms with Gasteiger partial charge < -0.3 is 23.7 Å². The van der Waals surface area contributed by atoms with Gasteiger partial charge >= 0.3 is 0 Å². The van der Waals surface area contributed by atoms with Crippen molar-refractivity contribution in [2.75, 3.05) is 0 Å². The molecule has 2 aromatic rings. The summed E-state index contributed by atoms with van der Waals surface area (Å²) in [5.74, 6) is -2.20. The van der Waals surface area contributed by atoms with Gasteiger partial charge in [-0.15, -0.1) is 4.83 Å². The normalized spacial score (nSPS) is 33.2. The Bertz CT molecular complexity index is 1350. The molecule has 5 fully saturated rings. The second kappa shape index (κ2) is 9.76. The van der Waals surface area contributed by atoms with Gasteiger partial charge in [0.05, 0.1) is 4.90 Å². The lowest BCUT2D eigenvalue weighted by atomic mass is 9.94. The van der Waals surface area contributed by atoms with Gasteiger partial charge in [-0.05, 0) is 48.6 Å². The number of hydrazine groups is 1. The lowest BCUT2D eigenvalue weighted by Gasteiger charge is -2.36. The topological polar surface area (TPSA) is 121 Å². The summed E-state index contributed by atoms with van der Waals surface area (Å²) in [6.45, 7) is 0. The Morgan fingerprint density at radius 3 is 2.08 bits per heavy atom. The third kappa shape index (κ3) is 4.67. The number of sulfonamides is 1. The SMILES string of the molecule is O=C(NNS(=O)(=O)c1ccc2ccccc2c1)[C@@H]1O[C@@H]2OC3(CCCCC3)O[C@@H]2[C@H]2OC3(CCCCC3)O[C@H]21. The van der Waals surface area contributed by atoms with Crippen molar-refractivity contribution < 1.29 is 36.9 Å². The van der Waals surface area contributed by atoms with Gasteiger partial charge in [-0.3, -0.25) is 10.2 Å². The molecule has 2 aliphatic carbocycles. The highest BCUT2D eigenvalue weighted by molar-refractivity contribution is 7.89. The van der Waals surface area contributed by atoms with Crippen molar-refractivity contribution in [3.8, 4) is 0 Å². The molecule has 2 saturated carbocycles. The number of rotatable bonds is 4. The zero-order chi connectivity index (χ0) is 26.7. The molecule has 39 heavy (non-hydrogen) atoms. The van der Waals surface area contributed by atoms with E-state index in [1.807, 2.05) is 24.3 Å². The van der Waals surface area contributed by atoms with Crippen molar-refractivity contribution in [3.63, 3.8) is 0 Å². The van der Waals surface area contributed by atoms with Gasteiger partial charge in [0.25, 0.3) is 15.9 Å². The summed E-state index contributed by atoms with van der Waals surface area (Å²) < 4.78 is 58.1. The maximum Gasteiger partial charge on any atom is 0.267 e. The van der Waals surface area contributed by atoms with E-state index in [-0.39, 0.29) is 4.90 Å². The quantitative estimate of drug-likeness (QED) is 0.548. The zero-order valence-electron chi connectivity index (χ0n) is 21.7. The van der Waals surface area contributed by atoms with Crippen LogP contribution in [0, 0.1) is 0 Å². The fourth-order valence-corrected chi connectivity index (χ4v) is 7.63. The van der Waals surface area contributed by atoms with Crippen molar-refractivity contribution in [1.82, 2.24) is 10.3 Å². The summed E-state index contributed by atoms with van der Waals surface area (Å²) in [7, 11) is -4.04. The van der Waals surface area contributed by atoms with E-state index in [1.54, 1.807) is 12.1 Å². The van der Waals surface area contributed by atoms with Gasteiger partial charge in [0.1, 0.15) is 18.3 Å². The Morgan fingerprint density at radius 1 is 0.744 bits per heavy atom. The Hall–Kier alpha value is -2.12. The Labute approximate surface area is 227 Å². The Kier molecular flexibility index (Phi) is 6.46. The molecule has 0 radical (unpaired) electrons. The molecule has 1 amide bonds. The maximum absolute atomic E-state index is 13.5. The molecule has 5 atom stereocenters. The molecule has 3 heterocycles. The average Bonchev–Trinajstić information content (AvgIpc) is 3.49. The van der Waals surface area contributed by atoms with Crippen LogP contribution >= 0.6 is 0 Å². The molecule has 11 heteroatoms. The fourth-order valence-electron chi connectivity index (χ4n) is 6.75. The minimum Gasteiger partial charge on any atom is -0.341 e. The minimum atomic E-state index is -4.04. The molecule has 2 N–H and O–H groups in total. The van der Waals surface area contributed by atoms with Gasteiger partial charge in [0.2, 0.25) is 0 Å². The largest absolute Gasteiger partial charge is 0.341 e. The standard InChI is InChI=1S/C28H34N2O8S/c31-25(29-30-39(32,33)20-12-11-18-9-3-4-10-19(18)17-20)23-21-22(36-27(35-21)13-5-1-6-14-27)24-26(34-23)38-28(37-24)15-7-2-8-16-28/h3-4,9-12,17,21-24,26,30H,1-2,5-8,13-16H2,(H,29,31)/t21-,22+,23-,24-,26-/m1/s1. The summed E-state index contributed by atoms with van der Waals surface area (Å²) in [5.41, 5.74) is 2.36. The first-order valence-electron chi connectivity index (χ1n) is 14.0. The fraction of sp³-hybridized carbons (Fsp3) is 0.607. The third-order valence-electron chi connectivity index (χ3n) is 8.71. The first-order valence-corrected chi connectivity index (χ1v) is 15.5. The molecule has 2 aromatic carbocycles. The predicted molar refractivity (Wildman–Crippen MR) is 138 cm³/mol. The van der Waals surface area contributed by atoms with Crippen LogP contribution in [0.1, 0.15) is 64.2 Å². The van der Waals surface area contributed by atoms with E-state index in [0.717, 1.165) is 75.0 Å². The van der Waals surface area contributed by atoms with Crippen LogP contribution in [0.5, 0.6) is 0 Å². The lowest BCUT2D eigenvalue weighted by Crippen LogP contribution is -2.61. The smallest absolute Gasteiger partial charge is 0.267 e. The molecule has 7 rings (SSSR count). The summed E-state index contributed by atoms with van der Waals surface area (Å²) in [4.78, 5) is 15.7. The van der Waals surface area contributed by atoms with E-state index >= 15 is 0 Å². The molecule has 5 aliphatic rings. The van der Waals surface area contributed by atoms with Gasteiger partial charge in [-0.1, -0.05) is 43.2 Å². The average molecular weight is 559 g/mol. The van der Waals surface area contributed by atoms with Gasteiger partial charge in [0.15, 0.2) is 24.0 Å². The number of hydrogen-bond donors (Lipinski definition) is 2. The van der Waals surface area contributed by atoms with E-state index in [0.29, 0.717) is 0 Å². The van der Waals surface area contributed by atoms with Crippen LogP contribution in [0.2, 0.25) is 0 Å². The molecule has 0 unspecified atom stereocenters.